The van der Waals surface area contributed by atoms with Gasteiger partial charge in [-0.15, -0.1) is 12.3 Å². The number of amides is 1. The fourth-order valence-corrected chi connectivity index (χ4v) is 3.58. The van der Waals surface area contributed by atoms with E-state index in [-0.39, 0.29) is 17.4 Å². The van der Waals surface area contributed by atoms with Gasteiger partial charge in [0.15, 0.2) is 0 Å². The van der Waals surface area contributed by atoms with Crippen LogP contribution in [0.5, 0.6) is 0 Å². The summed E-state index contributed by atoms with van der Waals surface area (Å²) in [5, 5.41) is 7.80. The predicted molar refractivity (Wildman–Crippen MR) is 99.2 cm³/mol. The minimum Gasteiger partial charge on any atom is -0.349 e. The monoisotopic (exact) mass is 335 g/mol. The van der Waals surface area contributed by atoms with Crippen LogP contribution in [0.15, 0.2) is 36.5 Å². The smallest absolute Gasteiger partial charge is 0.220 e. The molecule has 25 heavy (non-hydrogen) atoms. The Balaban J connectivity index is 1.85. The molecule has 1 amide bonds. The number of nitrogens with zero attached hydrogens (tertiary/aromatic N) is 2. The second kappa shape index (κ2) is 7.14. The maximum absolute atomic E-state index is 12.3. The number of fused-ring (bicyclic) bond motifs is 1. The van der Waals surface area contributed by atoms with Crippen molar-refractivity contribution in [2.24, 2.45) is 5.41 Å². The summed E-state index contributed by atoms with van der Waals surface area (Å²) in [6, 6.07) is 10.2. The lowest BCUT2D eigenvalue weighted by molar-refractivity contribution is -0.122. The Morgan fingerprint density at radius 1 is 1.40 bits per heavy atom. The SMILES string of the molecule is C#CCCCC(=O)NC1CC(C)(C)Cc2c1cnn2-c1ccccc1. The van der Waals surface area contributed by atoms with Gasteiger partial charge < -0.3 is 5.32 Å². The first-order valence-electron chi connectivity index (χ1n) is 8.85. The molecule has 3 rings (SSSR count). The number of hydrogen-bond acceptors (Lipinski definition) is 2. The average molecular weight is 335 g/mol. The molecule has 1 aromatic heterocycles. The van der Waals surface area contributed by atoms with E-state index in [2.05, 4.69) is 42.3 Å². The predicted octanol–water partition coefficient (Wildman–Crippen LogP) is 3.81. The van der Waals surface area contributed by atoms with Gasteiger partial charge in [0.25, 0.3) is 0 Å². The van der Waals surface area contributed by atoms with Crippen LogP contribution in [0.1, 0.15) is 56.8 Å². The lowest BCUT2D eigenvalue weighted by Gasteiger charge is -2.36. The molecule has 1 unspecified atom stereocenters. The number of carbonyl (C=O) groups is 1. The molecular weight excluding hydrogens is 310 g/mol. The third kappa shape index (κ3) is 3.93. The lowest BCUT2D eigenvalue weighted by Crippen LogP contribution is -2.36. The maximum Gasteiger partial charge on any atom is 0.220 e. The Labute approximate surface area is 149 Å². The largest absolute Gasteiger partial charge is 0.349 e. The van der Waals surface area contributed by atoms with Gasteiger partial charge in [-0.25, -0.2) is 4.68 Å². The molecule has 130 valence electrons. The third-order valence-corrected chi connectivity index (χ3v) is 4.74. The highest BCUT2D eigenvalue weighted by atomic mass is 16.1. The molecule has 0 bridgehead atoms. The summed E-state index contributed by atoms with van der Waals surface area (Å²) in [6.07, 6.45) is 10.9. The van der Waals surface area contributed by atoms with E-state index in [0.29, 0.717) is 12.8 Å². The zero-order valence-corrected chi connectivity index (χ0v) is 15.0. The lowest BCUT2D eigenvalue weighted by atomic mass is 9.74. The van der Waals surface area contributed by atoms with E-state index in [1.54, 1.807) is 0 Å². The van der Waals surface area contributed by atoms with Crippen molar-refractivity contribution in [1.82, 2.24) is 15.1 Å². The first kappa shape index (κ1) is 17.3. The molecule has 0 fully saturated rings. The van der Waals surface area contributed by atoms with Crippen molar-refractivity contribution in [1.29, 1.82) is 0 Å². The topological polar surface area (TPSA) is 46.9 Å². The van der Waals surface area contributed by atoms with Crippen molar-refractivity contribution in [3.63, 3.8) is 0 Å². The number of hydrogen-bond donors (Lipinski definition) is 1. The van der Waals surface area contributed by atoms with Crippen LogP contribution in [-0.2, 0) is 11.2 Å². The normalized spacial score (nSPS) is 18.2. The quantitative estimate of drug-likeness (QED) is 0.667. The maximum atomic E-state index is 12.3. The fraction of sp³-hybridized carbons (Fsp3) is 0.429. The number of benzene rings is 1. The van der Waals surface area contributed by atoms with Crippen molar-refractivity contribution in [3.8, 4) is 18.0 Å². The van der Waals surface area contributed by atoms with E-state index < -0.39 is 0 Å². The number of rotatable bonds is 5. The molecular formula is C21H25N3O. The zero-order chi connectivity index (χ0) is 17.9. The summed E-state index contributed by atoms with van der Waals surface area (Å²) in [5.41, 5.74) is 3.49. The molecule has 0 aliphatic heterocycles. The number of nitrogens with one attached hydrogen (secondary N) is 1. The van der Waals surface area contributed by atoms with Crippen LogP contribution in [0, 0.1) is 17.8 Å². The van der Waals surface area contributed by atoms with Gasteiger partial charge in [0, 0.05) is 18.4 Å². The van der Waals surface area contributed by atoms with Gasteiger partial charge in [0.2, 0.25) is 5.91 Å². The summed E-state index contributed by atoms with van der Waals surface area (Å²) >= 11 is 0. The number of para-hydroxylation sites is 1. The highest BCUT2D eigenvalue weighted by molar-refractivity contribution is 5.76. The highest BCUT2D eigenvalue weighted by Crippen LogP contribution is 2.41. The molecule has 0 saturated heterocycles. The van der Waals surface area contributed by atoms with Crippen LogP contribution < -0.4 is 5.32 Å². The molecule has 1 N–H and O–H groups in total. The zero-order valence-electron chi connectivity index (χ0n) is 15.0. The third-order valence-electron chi connectivity index (χ3n) is 4.74. The van der Waals surface area contributed by atoms with E-state index in [1.807, 2.05) is 29.1 Å². The Hall–Kier alpha value is -2.54. The summed E-state index contributed by atoms with van der Waals surface area (Å²) in [4.78, 5) is 12.3. The molecule has 0 spiro atoms. The number of unbranched alkanes of at least 4 members (excludes halogenated alkanes) is 1. The first-order valence-corrected chi connectivity index (χ1v) is 8.85. The van der Waals surface area contributed by atoms with Gasteiger partial charge in [0.1, 0.15) is 0 Å². The Morgan fingerprint density at radius 2 is 2.16 bits per heavy atom. The molecule has 1 aliphatic rings. The Kier molecular flexibility index (Phi) is 4.94. The summed E-state index contributed by atoms with van der Waals surface area (Å²) in [5.74, 6) is 2.65. The van der Waals surface area contributed by atoms with Crippen molar-refractivity contribution < 1.29 is 4.79 Å². The van der Waals surface area contributed by atoms with Crippen LogP contribution in [0.4, 0.5) is 0 Å². The number of carbonyl (C=O) groups excluding carboxylic acids is 1. The van der Waals surface area contributed by atoms with Gasteiger partial charge in [-0.05, 0) is 36.8 Å². The second-order valence-corrected chi connectivity index (χ2v) is 7.52. The molecule has 1 heterocycles. The van der Waals surface area contributed by atoms with Crippen LogP contribution in [-0.4, -0.2) is 15.7 Å². The summed E-state index contributed by atoms with van der Waals surface area (Å²) in [7, 11) is 0. The minimum atomic E-state index is 0.00884. The van der Waals surface area contributed by atoms with E-state index in [0.717, 1.165) is 30.5 Å². The average Bonchev–Trinajstić information content (AvgIpc) is 2.98. The van der Waals surface area contributed by atoms with E-state index in [4.69, 9.17) is 6.42 Å². The van der Waals surface area contributed by atoms with Gasteiger partial charge in [-0.3, -0.25) is 4.79 Å². The van der Waals surface area contributed by atoms with E-state index in [1.165, 1.54) is 5.69 Å². The molecule has 1 aliphatic carbocycles. The summed E-state index contributed by atoms with van der Waals surface area (Å²) < 4.78 is 2.01. The van der Waals surface area contributed by atoms with Crippen molar-refractivity contribution in [3.05, 3.63) is 47.8 Å². The fourth-order valence-electron chi connectivity index (χ4n) is 3.58. The minimum absolute atomic E-state index is 0.00884. The van der Waals surface area contributed by atoms with Gasteiger partial charge >= 0.3 is 0 Å². The van der Waals surface area contributed by atoms with Gasteiger partial charge in [-0.1, -0.05) is 32.0 Å². The Bertz CT molecular complexity index is 783. The van der Waals surface area contributed by atoms with Gasteiger partial charge in [-0.2, -0.15) is 5.10 Å². The number of aromatic nitrogens is 2. The summed E-state index contributed by atoms with van der Waals surface area (Å²) in [6.45, 7) is 4.49. The first-order chi connectivity index (χ1) is 12.0. The molecule has 4 nitrogen and oxygen atoms in total. The number of terminal acetylenes is 1. The standard InChI is InChI=1S/C21H25N3O/c1-4-5-7-12-20(25)23-18-13-21(2,3)14-19-17(18)15-22-24(19)16-10-8-6-9-11-16/h1,6,8-11,15,18H,5,7,12-14H2,2-3H3,(H,23,25). The van der Waals surface area contributed by atoms with Crippen molar-refractivity contribution in [2.75, 3.05) is 0 Å². The van der Waals surface area contributed by atoms with E-state index in [9.17, 15) is 4.79 Å². The second-order valence-electron chi connectivity index (χ2n) is 7.52. The van der Waals surface area contributed by atoms with Gasteiger partial charge in [0.05, 0.1) is 23.6 Å². The van der Waals surface area contributed by atoms with Crippen LogP contribution >= 0.6 is 0 Å². The van der Waals surface area contributed by atoms with Crippen LogP contribution in [0.25, 0.3) is 5.69 Å². The van der Waals surface area contributed by atoms with Crippen LogP contribution in [0.3, 0.4) is 0 Å². The van der Waals surface area contributed by atoms with Crippen LogP contribution in [0.2, 0.25) is 0 Å². The van der Waals surface area contributed by atoms with E-state index >= 15 is 0 Å². The van der Waals surface area contributed by atoms with Crippen molar-refractivity contribution in [2.45, 2.75) is 52.0 Å². The molecule has 1 aromatic carbocycles. The highest BCUT2D eigenvalue weighted by Gasteiger charge is 2.35. The molecule has 0 radical (unpaired) electrons. The molecule has 4 heteroatoms. The molecule has 0 saturated carbocycles. The Morgan fingerprint density at radius 3 is 2.88 bits per heavy atom. The van der Waals surface area contributed by atoms with Crippen molar-refractivity contribution >= 4 is 5.91 Å². The molecule has 1 atom stereocenters. The molecule has 2 aromatic rings.